The number of primary amides is 1. The number of ether oxygens (including phenoxy) is 1. The minimum absolute atomic E-state index is 0.0975. The number of amides is 1. The SMILES string of the molecule is COc1ccc(Cc2c[nH]c3cc([N+](=O)[O-])ccc23)cc1.NC=O. The minimum atomic E-state index is -0.385. The van der Waals surface area contributed by atoms with Gasteiger partial charge in [-0.25, -0.2) is 0 Å². The smallest absolute Gasteiger partial charge is 0.271 e. The zero-order valence-electron chi connectivity index (χ0n) is 13.1. The topological polar surface area (TPSA) is 111 Å². The van der Waals surface area contributed by atoms with Crippen LogP contribution in [0.5, 0.6) is 5.75 Å². The fourth-order valence-corrected chi connectivity index (χ4v) is 2.40. The first-order valence-electron chi connectivity index (χ1n) is 7.11. The van der Waals surface area contributed by atoms with Crippen LogP contribution in [0.1, 0.15) is 11.1 Å². The highest BCUT2D eigenvalue weighted by Gasteiger charge is 2.10. The van der Waals surface area contributed by atoms with Crippen LogP contribution in [0.25, 0.3) is 10.9 Å². The van der Waals surface area contributed by atoms with E-state index in [1.165, 1.54) is 6.07 Å². The third-order valence-electron chi connectivity index (χ3n) is 3.52. The first kappa shape index (κ1) is 17.0. The van der Waals surface area contributed by atoms with Crippen LogP contribution in [-0.4, -0.2) is 23.4 Å². The molecule has 0 aliphatic carbocycles. The zero-order valence-corrected chi connectivity index (χ0v) is 13.1. The molecule has 0 spiro atoms. The molecule has 3 N–H and O–H groups in total. The molecular weight excluding hydrogens is 310 g/mol. The lowest BCUT2D eigenvalue weighted by molar-refractivity contribution is -0.384. The average molecular weight is 327 g/mol. The van der Waals surface area contributed by atoms with Crippen molar-refractivity contribution in [2.45, 2.75) is 6.42 Å². The van der Waals surface area contributed by atoms with E-state index >= 15 is 0 Å². The largest absolute Gasteiger partial charge is 0.497 e. The van der Waals surface area contributed by atoms with Crippen molar-refractivity contribution >= 4 is 23.0 Å². The van der Waals surface area contributed by atoms with Gasteiger partial charge in [0.2, 0.25) is 6.41 Å². The number of benzene rings is 2. The van der Waals surface area contributed by atoms with Gasteiger partial charge in [0.15, 0.2) is 0 Å². The number of nitro groups is 1. The molecule has 7 heteroatoms. The first-order valence-corrected chi connectivity index (χ1v) is 7.11. The van der Waals surface area contributed by atoms with Gasteiger partial charge in [-0.05, 0) is 35.7 Å². The number of carbonyl (C=O) groups excluding carboxylic acids is 1. The van der Waals surface area contributed by atoms with Crippen molar-refractivity contribution in [3.8, 4) is 5.75 Å². The van der Waals surface area contributed by atoms with E-state index < -0.39 is 0 Å². The summed E-state index contributed by atoms with van der Waals surface area (Å²) in [6.07, 6.45) is 2.92. The van der Waals surface area contributed by atoms with Crippen LogP contribution in [0.2, 0.25) is 0 Å². The van der Waals surface area contributed by atoms with Gasteiger partial charge in [-0.3, -0.25) is 14.9 Å². The van der Waals surface area contributed by atoms with Crippen molar-refractivity contribution in [2.24, 2.45) is 5.73 Å². The number of carbonyl (C=O) groups is 1. The summed E-state index contributed by atoms with van der Waals surface area (Å²) in [6.45, 7) is 0. The number of fused-ring (bicyclic) bond motifs is 1. The summed E-state index contributed by atoms with van der Waals surface area (Å²) in [6, 6.07) is 12.8. The number of aromatic amines is 1. The fraction of sp³-hybridized carbons (Fsp3) is 0.118. The predicted molar refractivity (Wildman–Crippen MR) is 91.0 cm³/mol. The van der Waals surface area contributed by atoms with Crippen molar-refractivity contribution < 1.29 is 14.5 Å². The number of nitrogens with one attached hydrogen (secondary N) is 1. The summed E-state index contributed by atoms with van der Waals surface area (Å²) >= 11 is 0. The van der Waals surface area contributed by atoms with Crippen molar-refractivity contribution in [3.05, 3.63) is 69.9 Å². The molecule has 0 bridgehead atoms. The highest BCUT2D eigenvalue weighted by Crippen LogP contribution is 2.25. The van der Waals surface area contributed by atoms with Crippen molar-refractivity contribution in [1.29, 1.82) is 0 Å². The Morgan fingerprint density at radius 1 is 1.25 bits per heavy atom. The quantitative estimate of drug-likeness (QED) is 0.436. The highest BCUT2D eigenvalue weighted by molar-refractivity contribution is 5.85. The van der Waals surface area contributed by atoms with Crippen LogP contribution >= 0.6 is 0 Å². The van der Waals surface area contributed by atoms with Crippen molar-refractivity contribution in [2.75, 3.05) is 7.11 Å². The highest BCUT2D eigenvalue weighted by atomic mass is 16.6. The molecule has 124 valence electrons. The van der Waals surface area contributed by atoms with E-state index in [1.54, 1.807) is 19.2 Å². The molecule has 0 saturated heterocycles. The molecule has 3 rings (SSSR count). The number of nitro benzene ring substituents is 1. The van der Waals surface area contributed by atoms with Gasteiger partial charge in [-0.15, -0.1) is 0 Å². The summed E-state index contributed by atoms with van der Waals surface area (Å²) in [7, 11) is 1.64. The van der Waals surface area contributed by atoms with E-state index in [1.807, 2.05) is 30.5 Å². The van der Waals surface area contributed by atoms with E-state index in [0.29, 0.717) is 0 Å². The number of aromatic nitrogens is 1. The number of hydrogen-bond donors (Lipinski definition) is 2. The molecule has 3 aromatic rings. The molecule has 0 aliphatic rings. The maximum atomic E-state index is 10.8. The number of methoxy groups -OCH3 is 1. The van der Waals surface area contributed by atoms with Gasteiger partial charge in [0.05, 0.1) is 17.5 Å². The molecular formula is C17H17N3O4. The Labute approximate surface area is 138 Å². The summed E-state index contributed by atoms with van der Waals surface area (Å²) < 4.78 is 5.14. The molecule has 1 heterocycles. The maximum Gasteiger partial charge on any atom is 0.271 e. The summed E-state index contributed by atoms with van der Waals surface area (Å²) in [5, 5.41) is 11.8. The Kier molecular flexibility index (Phi) is 5.51. The van der Waals surface area contributed by atoms with Crippen LogP contribution in [0.4, 0.5) is 5.69 Å². The molecule has 7 nitrogen and oxygen atoms in total. The summed E-state index contributed by atoms with van der Waals surface area (Å²) in [5.74, 6) is 0.827. The second kappa shape index (κ2) is 7.77. The molecule has 0 radical (unpaired) electrons. The van der Waals surface area contributed by atoms with Crippen LogP contribution in [-0.2, 0) is 11.2 Å². The maximum absolute atomic E-state index is 10.8. The first-order chi connectivity index (χ1) is 11.6. The monoisotopic (exact) mass is 327 g/mol. The minimum Gasteiger partial charge on any atom is -0.497 e. The second-order valence-corrected chi connectivity index (χ2v) is 4.96. The molecule has 0 unspecified atom stereocenters. The third kappa shape index (κ3) is 3.89. The Morgan fingerprint density at radius 3 is 2.50 bits per heavy atom. The van der Waals surface area contributed by atoms with Gasteiger partial charge in [0, 0.05) is 23.7 Å². The van der Waals surface area contributed by atoms with Crippen molar-refractivity contribution in [3.63, 3.8) is 0 Å². The summed E-state index contributed by atoms with van der Waals surface area (Å²) in [5.41, 5.74) is 7.33. The van der Waals surface area contributed by atoms with Crippen LogP contribution < -0.4 is 10.5 Å². The van der Waals surface area contributed by atoms with Crippen LogP contribution in [0.3, 0.4) is 0 Å². The number of nitrogens with two attached hydrogens (primary N) is 1. The van der Waals surface area contributed by atoms with Crippen LogP contribution in [0, 0.1) is 10.1 Å². The lowest BCUT2D eigenvalue weighted by Gasteiger charge is -2.03. The Bertz CT molecular complexity index is 841. The average Bonchev–Trinajstić information content (AvgIpc) is 2.98. The molecule has 0 aliphatic heterocycles. The number of non-ortho nitro benzene ring substituents is 1. The molecule has 24 heavy (non-hydrogen) atoms. The van der Waals surface area contributed by atoms with E-state index in [-0.39, 0.29) is 17.0 Å². The van der Waals surface area contributed by atoms with Gasteiger partial charge in [0.25, 0.3) is 5.69 Å². The fourth-order valence-electron chi connectivity index (χ4n) is 2.40. The molecule has 0 saturated carbocycles. The Morgan fingerprint density at radius 2 is 1.92 bits per heavy atom. The predicted octanol–water partition coefficient (Wildman–Crippen LogP) is 2.78. The molecule has 0 fully saturated rings. The third-order valence-corrected chi connectivity index (χ3v) is 3.52. The normalized spacial score (nSPS) is 9.88. The van der Waals surface area contributed by atoms with Gasteiger partial charge < -0.3 is 15.5 Å². The number of H-pyrrole nitrogens is 1. The van der Waals surface area contributed by atoms with E-state index in [2.05, 4.69) is 10.7 Å². The standard InChI is InChI=1S/C16H14N2O3.CH3NO/c1-21-14-5-2-11(3-6-14)8-12-10-17-16-9-13(18(19)20)4-7-15(12)16;2-1-3/h2-7,9-10,17H,8H2,1H3;1H,(H2,2,3). The second-order valence-electron chi connectivity index (χ2n) is 4.96. The van der Waals surface area contributed by atoms with Crippen LogP contribution in [0.15, 0.2) is 48.7 Å². The van der Waals surface area contributed by atoms with Gasteiger partial charge in [-0.2, -0.15) is 0 Å². The van der Waals surface area contributed by atoms with Crippen molar-refractivity contribution in [1.82, 2.24) is 4.98 Å². The summed E-state index contributed by atoms with van der Waals surface area (Å²) in [4.78, 5) is 22.1. The molecule has 0 atom stereocenters. The number of rotatable bonds is 4. The molecule has 1 aromatic heterocycles. The van der Waals surface area contributed by atoms with Gasteiger partial charge >= 0.3 is 0 Å². The number of nitrogens with zero attached hydrogens (tertiary/aromatic N) is 1. The molecule has 2 aromatic carbocycles. The Hall–Kier alpha value is -3.35. The Balaban J connectivity index is 0.000000647. The lowest BCUT2D eigenvalue weighted by Crippen LogP contribution is -1.89. The van der Waals surface area contributed by atoms with E-state index in [9.17, 15) is 10.1 Å². The van der Waals surface area contributed by atoms with Gasteiger partial charge in [0.1, 0.15) is 5.75 Å². The number of hydrogen-bond acceptors (Lipinski definition) is 4. The molecule has 1 amide bonds. The van der Waals surface area contributed by atoms with Gasteiger partial charge in [-0.1, -0.05) is 12.1 Å². The van der Waals surface area contributed by atoms with E-state index in [0.717, 1.165) is 34.2 Å². The lowest BCUT2D eigenvalue weighted by atomic mass is 10.0. The zero-order chi connectivity index (χ0) is 17.5. The van der Waals surface area contributed by atoms with E-state index in [4.69, 9.17) is 9.53 Å².